The lowest BCUT2D eigenvalue weighted by molar-refractivity contribution is -0.428. The molecule has 0 aromatic heterocycles. The van der Waals surface area contributed by atoms with E-state index >= 15 is 0 Å². The maximum absolute atomic E-state index is 10.4. The van der Waals surface area contributed by atoms with E-state index in [-0.39, 0.29) is 11.3 Å². The summed E-state index contributed by atoms with van der Waals surface area (Å²) in [6.45, 7) is 0. The number of nitrogens with zero attached hydrogens (tertiary/aromatic N) is 1. The molecule has 0 amide bonds. The van der Waals surface area contributed by atoms with Crippen LogP contribution in [-0.4, -0.2) is 16.0 Å². The van der Waals surface area contributed by atoms with Gasteiger partial charge in [-0.3, -0.25) is 10.1 Å². The van der Waals surface area contributed by atoms with Crippen LogP contribution in [0.1, 0.15) is 12.8 Å². The van der Waals surface area contributed by atoms with Gasteiger partial charge in [0.15, 0.2) is 0 Å². The molecule has 1 aliphatic rings. The van der Waals surface area contributed by atoms with Gasteiger partial charge in [0.2, 0.25) is 5.70 Å². The number of hydrogen-bond donors (Lipinski definition) is 1. The van der Waals surface area contributed by atoms with Gasteiger partial charge in [0.1, 0.15) is 0 Å². The first-order chi connectivity index (χ1) is 5.61. The molecule has 5 nitrogen and oxygen atoms in total. The van der Waals surface area contributed by atoms with Gasteiger partial charge < -0.3 is 5.11 Å². The summed E-state index contributed by atoms with van der Waals surface area (Å²) in [6, 6.07) is 0. The Morgan fingerprint density at radius 2 is 2.33 bits per heavy atom. The van der Waals surface area contributed by atoms with Crippen molar-refractivity contribution in [3.63, 3.8) is 0 Å². The molecule has 12 heavy (non-hydrogen) atoms. The van der Waals surface area contributed by atoms with E-state index in [1.54, 1.807) is 0 Å². The zero-order valence-corrected chi connectivity index (χ0v) is 6.19. The topological polar surface area (TPSA) is 80.4 Å². The normalized spacial score (nSPS) is 16.3. The van der Waals surface area contributed by atoms with Crippen molar-refractivity contribution in [3.8, 4) is 0 Å². The largest absolute Gasteiger partial charge is 0.478 e. The molecule has 0 radical (unpaired) electrons. The second-order valence-electron chi connectivity index (χ2n) is 2.40. The van der Waals surface area contributed by atoms with Crippen LogP contribution >= 0.6 is 0 Å². The SMILES string of the molecule is O=C(O)C1=CCCC([N+](=O)[O-])=C1. The molecule has 5 heteroatoms. The minimum atomic E-state index is -1.12. The van der Waals surface area contributed by atoms with Gasteiger partial charge in [-0.2, -0.15) is 0 Å². The van der Waals surface area contributed by atoms with E-state index in [2.05, 4.69) is 0 Å². The lowest BCUT2D eigenvalue weighted by Gasteiger charge is -2.03. The number of carboxylic acid groups (broad SMARTS) is 1. The standard InChI is InChI=1S/C7H7NO4/c9-7(10)5-2-1-3-6(4-5)8(11)12/h2,4H,1,3H2,(H,9,10). The molecule has 0 heterocycles. The molecule has 0 saturated carbocycles. The maximum Gasteiger partial charge on any atom is 0.335 e. The molecule has 0 aromatic carbocycles. The molecule has 0 bridgehead atoms. The van der Waals surface area contributed by atoms with Crippen molar-refractivity contribution in [1.29, 1.82) is 0 Å². The van der Waals surface area contributed by atoms with Crippen molar-refractivity contribution >= 4 is 5.97 Å². The van der Waals surface area contributed by atoms with Crippen molar-refractivity contribution in [2.45, 2.75) is 12.8 Å². The van der Waals surface area contributed by atoms with E-state index in [0.29, 0.717) is 12.8 Å². The van der Waals surface area contributed by atoms with Gasteiger partial charge in [-0.05, 0) is 6.42 Å². The molecule has 1 N–H and O–H groups in total. The quantitative estimate of drug-likeness (QED) is 0.493. The predicted octanol–water partition coefficient (Wildman–Crippen LogP) is 0.952. The third kappa shape index (κ3) is 1.69. The summed E-state index contributed by atoms with van der Waals surface area (Å²) >= 11 is 0. The Kier molecular flexibility index (Phi) is 2.23. The van der Waals surface area contributed by atoms with E-state index in [1.165, 1.54) is 6.08 Å². The Labute approximate surface area is 68.2 Å². The molecule has 0 saturated heterocycles. The zero-order chi connectivity index (χ0) is 9.14. The van der Waals surface area contributed by atoms with E-state index in [0.717, 1.165) is 6.08 Å². The molecule has 0 aromatic rings. The fourth-order valence-corrected chi connectivity index (χ4v) is 0.979. The van der Waals surface area contributed by atoms with Gasteiger partial charge in [0.05, 0.1) is 10.5 Å². The number of aliphatic carboxylic acids is 1. The average molecular weight is 169 g/mol. The summed E-state index contributed by atoms with van der Waals surface area (Å²) in [5, 5.41) is 18.7. The van der Waals surface area contributed by atoms with Crippen LogP contribution < -0.4 is 0 Å². The highest BCUT2D eigenvalue weighted by molar-refractivity contribution is 5.90. The van der Waals surface area contributed by atoms with Crippen molar-refractivity contribution in [2.24, 2.45) is 0 Å². The van der Waals surface area contributed by atoms with Gasteiger partial charge in [-0.25, -0.2) is 4.79 Å². The second kappa shape index (κ2) is 3.17. The van der Waals surface area contributed by atoms with Crippen LogP contribution in [-0.2, 0) is 4.79 Å². The van der Waals surface area contributed by atoms with Crippen LogP contribution in [0.5, 0.6) is 0 Å². The highest BCUT2D eigenvalue weighted by atomic mass is 16.6. The molecule has 1 rings (SSSR count). The monoisotopic (exact) mass is 169 g/mol. The van der Waals surface area contributed by atoms with Crippen LogP contribution in [0, 0.1) is 10.1 Å². The first-order valence-corrected chi connectivity index (χ1v) is 3.39. The van der Waals surface area contributed by atoms with Crippen molar-refractivity contribution in [1.82, 2.24) is 0 Å². The average Bonchev–Trinajstić information content (AvgIpc) is 2.04. The Hall–Kier alpha value is -1.65. The molecule has 0 unspecified atom stereocenters. The summed E-state index contributed by atoms with van der Waals surface area (Å²) in [5.41, 5.74) is -0.0251. The van der Waals surface area contributed by atoms with Crippen LogP contribution in [0.25, 0.3) is 0 Å². The number of rotatable bonds is 2. The minimum absolute atomic E-state index is 0.00736. The summed E-state index contributed by atoms with van der Waals surface area (Å²) in [6.07, 6.45) is 3.32. The Balaban J connectivity index is 2.88. The number of nitro groups is 1. The molecule has 0 aliphatic heterocycles. The van der Waals surface area contributed by atoms with Crippen LogP contribution in [0.2, 0.25) is 0 Å². The summed E-state index contributed by atoms with van der Waals surface area (Å²) in [7, 11) is 0. The fraction of sp³-hybridized carbons (Fsp3) is 0.286. The lowest BCUT2D eigenvalue weighted by atomic mass is 10.1. The molecule has 0 fully saturated rings. The van der Waals surface area contributed by atoms with Crippen LogP contribution in [0.3, 0.4) is 0 Å². The number of carboxylic acids is 1. The van der Waals surface area contributed by atoms with Gasteiger partial charge in [-0.15, -0.1) is 0 Å². The fourth-order valence-electron chi connectivity index (χ4n) is 0.979. The van der Waals surface area contributed by atoms with E-state index in [1.807, 2.05) is 0 Å². The minimum Gasteiger partial charge on any atom is -0.478 e. The Morgan fingerprint density at radius 1 is 1.67 bits per heavy atom. The van der Waals surface area contributed by atoms with Gasteiger partial charge in [-0.1, -0.05) is 6.08 Å². The Bertz CT molecular complexity index is 290. The zero-order valence-electron chi connectivity index (χ0n) is 6.19. The van der Waals surface area contributed by atoms with E-state index in [9.17, 15) is 14.9 Å². The van der Waals surface area contributed by atoms with Gasteiger partial charge in [0.25, 0.3) is 0 Å². The third-order valence-corrected chi connectivity index (χ3v) is 1.57. The highest BCUT2D eigenvalue weighted by Gasteiger charge is 2.17. The van der Waals surface area contributed by atoms with Crippen molar-refractivity contribution in [2.75, 3.05) is 0 Å². The molecule has 64 valence electrons. The molecular formula is C7H7NO4. The van der Waals surface area contributed by atoms with Gasteiger partial charge >= 0.3 is 5.97 Å². The Morgan fingerprint density at radius 3 is 2.83 bits per heavy atom. The van der Waals surface area contributed by atoms with Crippen molar-refractivity contribution in [3.05, 3.63) is 33.5 Å². The van der Waals surface area contributed by atoms with E-state index < -0.39 is 10.9 Å². The van der Waals surface area contributed by atoms with Crippen LogP contribution in [0.4, 0.5) is 0 Å². The second-order valence-corrected chi connectivity index (χ2v) is 2.40. The molecular weight excluding hydrogens is 162 g/mol. The summed E-state index contributed by atoms with van der Waals surface area (Å²) in [4.78, 5) is 20.1. The summed E-state index contributed by atoms with van der Waals surface area (Å²) < 4.78 is 0. The summed E-state index contributed by atoms with van der Waals surface area (Å²) in [5.74, 6) is -1.12. The number of carbonyl (C=O) groups is 1. The lowest BCUT2D eigenvalue weighted by Crippen LogP contribution is -2.07. The predicted molar refractivity (Wildman–Crippen MR) is 40.0 cm³/mol. The first kappa shape index (κ1) is 8.45. The number of hydrogen-bond acceptors (Lipinski definition) is 3. The van der Waals surface area contributed by atoms with Crippen molar-refractivity contribution < 1.29 is 14.8 Å². The molecule has 1 aliphatic carbocycles. The highest BCUT2D eigenvalue weighted by Crippen LogP contribution is 2.17. The molecule has 0 spiro atoms. The molecule has 0 atom stereocenters. The maximum atomic E-state index is 10.4. The van der Waals surface area contributed by atoms with E-state index in [4.69, 9.17) is 5.11 Å². The third-order valence-electron chi connectivity index (χ3n) is 1.57. The van der Waals surface area contributed by atoms with Gasteiger partial charge in [0, 0.05) is 12.5 Å². The number of allylic oxidation sites excluding steroid dienone is 2. The smallest absolute Gasteiger partial charge is 0.335 e. The van der Waals surface area contributed by atoms with Crippen LogP contribution in [0.15, 0.2) is 23.4 Å². The first-order valence-electron chi connectivity index (χ1n) is 3.39.